The fourth-order valence-corrected chi connectivity index (χ4v) is 7.01. The number of benzene rings is 3. The van der Waals surface area contributed by atoms with Crippen molar-refractivity contribution in [1.29, 1.82) is 0 Å². The minimum Gasteiger partial charge on any atom is -0.480 e. The van der Waals surface area contributed by atoms with E-state index >= 15 is 0 Å². The van der Waals surface area contributed by atoms with Gasteiger partial charge in [-0.05, 0) is 59.9 Å². The summed E-state index contributed by atoms with van der Waals surface area (Å²) in [5.74, 6) is -4.73. The number of carboxylic acids is 2. The topological polar surface area (TPSA) is 200 Å². The Morgan fingerprint density at radius 2 is 1.74 bits per heavy atom. The van der Waals surface area contributed by atoms with Gasteiger partial charge in [-0.1, -0.05) is 47.1 Å². The van der Waals surface area contributed by atoms with Crippen LogP contribution < -0.4 is 10.6 Å². The number of aromatic carboxylic acids is 1. The van der Waals surface area contributed by atoms with E-state index in [2.05, 4.69) is 5.16 Å². The zero-order valence-corrected chi connectivity index (χ0v) is 29.0. The van der Waals surface area contributed by atoms with E-state index in [0.717, 1.165) is 0 Å². The van der Waals surface area contributed by atoms with Gasteiger partial charge in [0.1, 0.15) is 18.6 Å². The number of ketones is 1. The number of nitrogens with zero attached hydrogens (tertiary/aromatic N) is 4. The number of fused-ring (bicyclic) bond motifs is 1. The maximum Gasteiger partial charge on any atom is 0.335 e. The highest BCUT2D eigenvalue weighted by Gasteiger charge is 2.43. The van der Waals surface area contributed by atoms with E-state index in [-0.39, 0.29) is 97.7 Å². The van der Waals surface area contributed by atoms with Gasteiger partial charge in [-0.3, -0.25) is 24.0 Å². The molecule has 53 heavy (non-hydrogen) atoms. The number of Topliss-reactive ketones (excluding diaryl/α,β-unsaturated/α-hetero) is 1. The number of hydrogen-bond acceptors (Lipinski definition) is 9. The summed E-state index contributed by atoms with van der Waals surface area (Å²) >= 11 is 5.96. The fourth-order valence-electron chi connectivity index (χ4n) is 6.83. The van der Waals surface area contributed by atoms with Crippen molar-refractivity contribution >= 4 is 58.4 Å². The lowest BCUT2D eigenvalue weighted by Gasteiger charge is -2.40. The first-order valence-corrected chi connectivity index (χ1v) is 17.2. The van der Waals surface area contributed by atoms with Crippen LogP contribution in [-0.2, 0) is 41.7 Å². The molecule has 3 aliphatic rings. The van der Waals surface area contributed by atoms with Crippen molar-refractivity contribution in [3.8, 4) is 0 Å². The van der Waals surface area contributed by atoms with Crippen LogP contribution in [0.25, 0.3) is 0 Å². The van der Waals surface area contributed by atoms with Crippen molar-refractivity contribution in [3.63, 3.8) is 0 Å². The number of carbonyl (C=O) groups excluding carboxylic acids is 4. The molecule has 1 fully saturated rings. The molecule has 6 rings (SSSR count). The van der Waals surface area contributed by atoms with Crippen LogP contribution in [0.3, 0.4) is 0 Å². The van der Waals surface area contributed by atoms with Crippen LogP contribution in [0.4, 0.5) is 10.1 Å². The lowest BCUT2D eigenvalue weighted by molar-refractivity contribution is -0.149. The zero-order chi connectivity index (χ0) is 38.0. The number of oxime groups is 1. The smallest absolute Gasteiger partial charge is 0.335 e. The third-order valence-electron chi connectivity index (χ3n) is 9.62. The molecule has 2 unspecified atom stereocenters. The fraction of sp³-hybridized carbons (Fsp3) is 0.324. The summed E-state index contributed by atoms with van der Waals surface area (Å²) in [5.41, 5.74) is 8.07. The molecule has 0 aliphatic carbocycles. The summed E-state index contributed by atoms with van der Waals surface area (Å²) in [5, 5.41) is 22.2. The van der Waals surface area contributed by atoms with Gasteiger partial charge in [-0.25, -0.2) is 9.18 Å². The van der Waals surface area contributed by atoms with Crippen molar-refractivity contribution in [2.75, 3.05) is 31.1 Å². The van der Waals surface area contributed by atoms with Gasteiger partial charge in [0.05, 0.1) is 16.3 Å². The van der Waals surface area contributed by atoms with E-state index in [4.69, 9.17) is 27.3 Å². The van der Waals surface area contributed by atoms with E-state index in [9.17, 15) is 38.3 Å². The predicted molar refractivity (Wildman–Crippen MR) is 188 cm³/mol. The summed E-state index contributed by atoms with van der Waals surface area (Å²) in [7, 11) is 0. The van der Waals surface area contributed by atoms with Crippen LogP contribution in [-0.4, -0.2) is 99.5 Å². The summed E-state index contributed by atoms with van der Waals surface area (Å²) in [6.07, 6.45) is -1.31. The monoisotopic (exact) mass is 747 g/mol. The number of anilines is 1. The van der Waals surface area contributed by atoms with Crippen molar-refractivity contribution in [1.82, 2.24) is 9.80 Å². The highest BCUT2D eigenvalue weighted by Crippen LogP contribution is 2.38. The van der Waals surface area contributed by atoms with Crippen LogP contribution >= 0.6 is 11.6 Å². The molecule has 1 saturated heterocycles. The lowest BCUT2D eigenvalue weighted by atomic mass is 9.86. The molecule has 0 aromatic heterocycles. The largest absolute Gasteiger partial charge is 0.480 e. The van der Waals surface area contributed by atoms with E-state index in [0.29, 0.717) is 22.4 Å². The van der Waals surface area contributed by atoms with Crippen LogP contribution in [0.15, 0.2) is 65.8 Å². The molecular weight excluding hydrogens is 713 g/mol. The van der Waals surface area contributed by atoms with Gasteiger partial charge in [-0.2, -0.15) is 0 Å². The molecule has 3 heterocycles. The second-order valence-corrected chi connectivity index (χ2v) is 13.4. The van der Waals surface area contributed by atoms with Gasteiger partial charge < -0.3 is 35.5 Å². The van der Waals surface area contributed by atoms with Crippen LogP contribution in [0.1, 0.15) is 57.9 Å². The Hall–Kier alpha value is -5.67. The summed E-state index contributed by atoms with van der Waals surface area (Å²) in [6, 6.07) is 13.1. The highest BCUT2D eigenvalue weighted by molar-refractivity contribution is 6.31. The molecule has 276 valence electrons. The minimum atomic E-state index is -1.22. The van der Waals surface area contributed by atoms with Crippen LogP contribution in [0.2, 0.25) is 5.02 Å². The summed E-state index contributed by atoms with van der Waals surface area (Å²) in [4.78, 5) is 86.9. The maximum absolute atomic E-state index is 14.8. The van der Waals surface area contributed by atoms with Gasteiger partial charge >= 0.3 is 11.9 Å². The number of halogens is 2. The standard InChI is InChI=1S/C37H35ClFN5O9/c38-25-5-1-4-24(33(25)39)27-18-30(53-41-27)35(48)44-14-13-22-23(34(44)29(45)17-20-7-9-21(10-8-20)36(49)50)3-2-6-28(22)43-16-15-42(19-32(43)47)31(46)12-11-26(40)37(51)52/h1-10,26,30,34H,11-19,40H2,(H,49,50)(H,51,52)/t26-,30?,34?/m0/s1. The normalized spacial score (nSPS) is 18.9. The first-order valence-electron chi connectivity index (χ1n) is 16.8. The van der Waals surface area contributed by atoms with Gasteiger partial charge in [0, 0.05) is 50.1 Å². The molecule has 3 amide bonds. The third-order valence-corrected chi connectivity index (χ3v) is 9.91. The molecule has 14 nitrogen and oxygen atoms in total. The quantitative estimate of drug-likeness (QED) is 0.262. The third kappa shape index (κ3) is 7.76. The highest BCUT2D eigenvalue weighted by atomic mass is 35.5. The average Bonchev–Trinajstić information content (AvgIpc) is 3.64. The lowest BCUT2D eigenvalue weighted by Crippen LogP contribution is -2.53. The molecule has 0 saturated carbocycles. The maximum atomic E-state index is 14.8. The van der Waals surface area contributed by atoms with Crippen LogP contribution in [0.5, 0.6) is 0 Å². The Balaban J connectivity index is 1.26. The molecule has 3 aromatic carbocycles. The Labute approximate surface area is 307 Å². The number of piperazine rings is 1. The second kappa shape index (κ2) is 15.5. The molecular formula is C37H35ClFN5O9. The Morgan fingerprint density at radius 1 is 1.00 bits per heavy atom. The van der Waals surface area contributed by atoms with E-state index in [1.54, 1.807) is 24.3 Å². The van der Waals surface area contributed by atoms with Crippen molar-refractivity contribution in [3.05, 3.63) is 99.3 Å². The molecule has 3 atom stereocenters. The Bertz CT molecular complexity index is 2020. The number of aliphatic carboxylic acids is 1. The average molecular weight is 748 g/mol. The van der Waals surface area contributed by atoms with E-state index < -0.39 is 41.9 Å². The first kappa shape index (κ1) is 37.1. The summed E-state index contributed by atoms with van der Waals surface area (Å²) in [6.45, 7) is 0.150. The molecule has 4 N–H and O–H groups in total. The van der Waals surface area contributed by atoms with Gasteiger partial charge in [0.2, 0.25) is 17.9 Å². The second-order valence-electron chi connectivity index (χ2n) is 13.0. The first-order chi connectivity index (χ1) is 25.3. The predicted octanol–water partition coefficient (Wildman–Crippen LogP) is 2.98. The van der Waals surface area contributed by atoms with Gasteiger partial charge in [0.25, 0.3) is 5.91 Å². The van der Waals surface area contributed by atoms with Crippen molar-refractivity contribution < 1.29 is 48.2 Å². The molecule has 0 spiro atoms. The molecule has 16 heteroatoms. The summed E-state index contributed by atoms with van der Waals surface area (Å²) < 4.78 is 14.8. The number of hydrogen-bond donors (Lipinski definition) is 3. The van der Waals surface area contributed by atoms with Crippen LogP contribution in [0, 0.1) is 5.82 Å². The zero-order valence-electron chi connectivity index (χ0n) is 28.2. The minimum absolute atomic E-state index is 0.0475. The van der Waals surface area contributed by atoms with Gasteiger partial charge in [0.15, 0.2) is 11.6 Å². The molecule has 3 aliphatic heterocycles. The Morgan fingerprint density at radius 3 is 2.43 bits per heavy atom. The molecule has 0 radical (unpaired) electrons. The van der Waals surface area contributed by atoms with Crippen molar-refractivity contribution in [2.24, 2.45) is 10.9 Å². The molecule has 0 bridgehead atoms. The number of carbonyl (C=O) groups is 6. The van der Waals surface area contributed by atoms with Gasteiger partial charge in [-0.15, -0.1) is 0 Å². The van der Waals surface area contributed by atoms with Crippen molar-refractivity contribution in [2.45, 2.75) is 50.3 Å². The number of nitrogens with two attached hydrogens (primary N) is 1. The number of carboxylic acid groups (broad SMARTS) is 2. The SMILES string of the molecule is N[C@@H](CCC(=O)N1CCN(c2cccc3c2CCN(C(=O)C2CC(c4cccc(Cl)c4F)=NO2)C3C(=O)Cc2ccc(C(=O)O)cc2)C(=O)C1)C(=O)O. The number of rotatable bonds is 11. The molecule has 3 aromatic rings. The Kier molecular flexibility index (Phi) is 10.9. The van der Waals surface area contributed by atoms with E-state index in [1.807, 2.05) is 0 Å². The van der Waals surface area contributed by atoms with E-state index in [1.165, 1.54) is 51.1 Å². The number of amides is 3.